The van der Waals surface area contributed by atoms with Crippen LogP contribution in [0.5, 0.6) is 0 Å². The first-order chi connectivity index (χ1) is 7.97. The third kappa shape index (κ3) is 6.39. The molecule has 0 aromatic rings. The van der Waals surface area contributed by atoms with E-state index in [9.17, 15) is 5.11 Å². The van der Waals surface area contributed by atoms with E-state index in [4.69, 9.17) is 0 Å². The Morgan fingerprint density at radius 3 is 2.24 bits per heavy atom. The molecule has 0 bridgehead atoms. The van der Waals surface area contributed by atoms with Crippen molar-refractivity contribution in [1.29, 1.82) is 0 Å². The van der Waals surface area contributed by atoms with Crippen molar-refractivity contribution in [2.75, 3.05) is 19.6 Å². The lowest BCUT2D eigenvalue weighted by Crippen LogP contribution is -2.46. The van der Waals surface area contributed by atoms with Crippen molar-refractivity contribution in [3.63, 3.8) is 0 Å². The van der Waals surface area contributed by atoms with Crippen LogP contribution in [0.4, 0.5) is 0 Å². The molecule has 0 aliphatic carbocycles. The van der Waals surface area contributed by atoms with Crippen molar-refractivity contribution in [2.45, 2.75) is 65.1 Å². The van der Waals surface area contributed by atoms with Crippen LogP contribution >= 0.6 is 0 Å². The maximum atomic E-state index is 9.35. The fraction of sp³-hybridized carbons (Fsp3) is 1.00. The third-order valence-corrected chi connectivity index (χ3v) is 3.43. The Balaban J connectivity index is 2.18. The van der Waals surface area contributed by atoms with Gasteiger partial charge in [0.1, 0.15) is 0 Å². The molecule has 0 spiro atoms. The lowest BCUT2D eigenvalue weighted by molar-refractivity contribution is 0.150. The van der Waals surface area contributed by atoms with Crippen molar-refractivity contribution in [3.05, 3.63) is 0 Å². The summed E-state index contributed by atoms with van der Waals surface area (Å²) in [4.78, 5) is 2.57. The van der Waals surface area contributed by atoms with E-state index in [0.717, 1.165) is 12.3 Å². The molecular weight excluding hydrogens is 212 g/mol. The van der Waals surface area contributed by atoms with Gasteiger partial charge in [0, 0.05) is 18.6 Å². The van der Waals surface area contributed by atoms with Gasteiger partial charge in [0.05, 0.1) is 6.10 Å². The van der Waals surface area contributed by atoms with E-state index in [1.54, 1.807) is 0 Å². The lowest BCUT2D eigenvalue weighted by atomic mass is 10.0. The molecule has 2 N–H and O–H groups in total. The second-order valence-electron chi connectivity index (χ2n) is 6.12. The summed E-state index contributed by atoms with van der Waals surface area (Å²) in [5.41, 5.74) is 0. The Labute approximate surface area is 107 Å². The molecule has 1 aliphatic heterocycles. The highest BCUT2D eigenvalue weighted by molar-refractivity contribution is 4.80. The second kappa shape index (κ2) is 7.34. The van der Waals surface area contributed by atoms with E-state index in [2.05, 4.69) is 31.0 Å². The summed E-state index contributed by atoms with van der Waals surface area (Å²) in [6.07, 6.45) is 3.15. The standard InChI is InChI=1S/C14H30N2O/c1-11(2)10-16-7-5-14(6-8-16)15-12(3)9-13(4)17/h11-15,17H,5-10H2,1-4H3. The average Bonchev–Trinajstić information content (AvgIpc) is 2.18. The maximum absolute atomic E-state index is 9.35. The van der Waals surface area contributed by atoms with Crippen molar-refractivity contribution >= 4 is 0 Å². The van der Waals surface area contributed by atoms with Gasteiger partial charge in [0.15, 0.2) is 0 Å². The van der Waals surface area contributed by atoms with Crippen LogP contribution in [0.1, 0.15) is 47.0 Å². The van der Waals surface area contributed by atoms with Crippen LogP contribution in [0.2, 0.25) is 0 Å². The number of likely N-dealkylation sites (tertiary alicyclic amines) is 1. The van der Waals surface area contributed by atoms with E-state index in [0.29, 0.717) is 12.1 Å². The highest BCUT2D eigenvalue weighted by Gasteiger charge is 2.20. The largest absolute Gasteiger partial charge is 0.393 e. The molecule has 17 heavy (non-hydrogen) atoms. The normalized spacial score (nSPS) is 22.9. The van der Waals surface area contributed by atoms with Crippen LogP contribution in [0.15, 0.2) is 0 Å². The number of hydrogen-bond acceptors (Lipinski definition) is 3. The molecule has 2 atom stereocenters. The van der Waals surface area contributed by atoms with E-state index in [1.807, 2.05) is 6.92 Å². The van der Waals surface area contributed by atoms with Gasteiger partial charge in [0.25, 0.3) is 0 Å². The lowest BCUT2D eigenvalue weighted by Gasteiger charge is -2.35. The van der Waals surface area contributed by atoms with Crippen LogP contribution < -0.4 is 5.32 Å². The Bertz CT molecular complexity index is 198. The molecule has 3 heteroatoms. The van der Waals surface area contributed by atoms with Crippen LogP contribution in [-0.2, 0) is 0 Å². The monoisotopic (exact) mass is 242 g/mol. The number of nitrogens with zero attached hydrogens (tertiary/aromatic N) is 1. The molecule has 1 heterocycles. The minimum Gasteiger partial charge on any atom is -0.393 e. The molecule has 0 aromatic carbocycles. The zero-order valence-corrected chi connectivity index (χ0v) is 11.9. The van der Waals surface area contributed by atoms with Crippen molar-refractivity contribution in [1.82, 2.24) is 10.2 Å². The minimum atomic E-state index is -0.196. The highest BCUT2D eigenvalue weighted by Crippen LogP contribution is 2.13. The fourth-order valence-corrected chi connectivity index (χ4v) is 2.78. The number of hydrogen-bond donors (Lipinski definition) is 2. The smallest absolute Gasteiger partial charge is 0.0526 e. The Morgan fingerprint density at radius 2 is 1.76 bits per heavy atom. The Kier molecular flexibility index (Phi) is 6.45. The van der Waals surface area contributed by atoms with Gasteiger partial charge < -0.3 is 15.3 Å². The molecule has 1 rings (SSSR count). The van der Waals surface area contributed by atoms with Crippen molar-refractivity contribution < 1.29 is 5.11 Å². The summed E-state index contributed by atoms with van der Waals surface area (Å²) in [5, 5.41) is 13.0. The summed E-state index contributed by atoms with van der Waals surface area (Å²) in [7, 11) is 0. The molecule has 3 nitrogen and oxygen atoms in total. The van der Waals surface area contributed by atoms with E-state index in [1.165, 1.54) is 32.5 Å². The zero-order valence-electron chi connectivity index (χ0n) is 11.9. The van der Waals surface area contributed by atoms with E-state index in [-0.39, 0.29) is 6.10 Å². The van der Waals surface area contributed by atoms with Crippen LogP contribution in [0.3, 0.4) is 0 Å². The predicted molar refractivity (Wildman–Crippen MR) is 73.2 cm³/mol. The van der Waals surface area contributed by atoms with Crippen molar-refractivity contribution in [2.24, 2.45) is 5.92 Å². The van der Waals surface area contributed by atoms with Crippen LogP contribution in [0.25, 0.3) is 0 Å². The summed E-state index contributed by atoms with van der Waals surface area (Å²) in [6, 6.07) is 1.07. The molecule has 1 saturated heterocycles. The molecule has 1 fully saturated rings. The maximum Gasteiger partial charge on any atom is 0.0526 e. The molecule has 0 amide bonds. The molecule has 1 aliphatic rings. The Morgan fingerprint density at radius 1 is 1.18 bits per heavy atom. The number of aliphatic hydroxyl groups is 1. The molecule has 102 valence electrons. The molecular formula is C14H30N2O. The first kappa shape index (κ1) is 14.9. The van der Waals surface area contributed by atoms with Gasteiger partial charge in [-0.05, 0) is 52.1 Å². The summed E-state index contributed by atoms with van der Waals surface area (Å²) >= 11 is 0. The number of rotatable bonds is 6. The Hall–Kier alpha value is -0.120. The van der Waals surface area contributed by atoms with Gasteiger partial charge in [-0.1, -0.05) is 13.8 Å². The predicted octanol–water partition coefficient (Wildman–Crippen LogP) is 1.86. The summed E-state index contributed by atoms with van der Waals surface area (Å²) in [6.45, 7) is 12.3. The van der Waals surface area contributed by atoms with Gasteiger partial charge in [-0.3, -0.25) is 0 Å². The summed E-state index contributed by atoms with van der Waals surface area (Å²) < 4.78 is 0. The zero-order chi connectivity index (χ0) is 12.8. The van der Waals surface area contributed by atoms with Gasteiger partial charge in [0.2, 0.25) is 0 Å². The first-order valence-corrected chi connectivity index (χ1v) is 7.13. The number of aliphatic hydroxyl groups excluding tert-OH is 1. The third-order valence-electron chi connectivity index (χ3n) is 3.43. The topological polar surface area (TPSA) is 35.5 Å². The molecule has 0 aromatic heterocycles. The second-order valence-corrected chi connectivity index (χ2v) is 6.12. The number of piperidine rings is 1. The van der Waals surface area contributed by atoms with Gasteiger partial charge in [-0.15, -0.1) is 0 Å². The molecule has 2 unspecified atom stereocenters. The summed E-state index contributed by atoms with van der Waals surface area (Å²) in [5.74, 6) is 0.772. The highest BCUT2D eigenvalue weighted by atomic mass is 16.3. The molecule has 0 radical (unpaired) electrons. The first-order valence-electron chi connectivity index (χ1n) is 7.13. The van der Waals surface area contributed by atoms with Gasteiger partial charge in [-0.25, -0.2) is 0 Å². The SMILES string of the molecule is CC(C)CN1CCC(NC(C)CC(C)O)CC1. The van der Waals surface area contributed by atoms with Gasteiger partial charge in [-0.2, -0.15) is 0 Å². The fourth-order valence-electron chi connectivity index (χ4n) is 2.78. The van der Waals surface area contributed by atoms with E-state index < -0.39 is 0 Å². The quantitative estimate of drug-likeness (QED) is 0.746. The van der Waals surface area contributed by atoms with E-state index >= 15 is 0 Å². The number of nitrogens with one attached hydrogen (secondary N) is 1. The molecule has 0 saturated carbocycles. The van der Waals surface area contributed by atoms with Crippen molar-refractivity contribution in [3.8, 4) is 0 Å². The average molecular weight is 242 g/mol. The van der Waals surface area contributed by atoms with Crippen LogP contribution in [-0.4, -0.2) is 47.8 Å². The van der Waals surface area contributed by atoms with Crippen LogP contribution in [0, 0.1) is 5.92 Å². The van der Waals surface area contributed by atoms with Gasteiger partial charge >= 0.3 is 0 Å². The minimum absolute atomic E-state index is 0.196.